The van der Waals surface area contributed by atoms with E-state index >= 15 is 0 Å². The third-order valence-electron chi connectivity index (χ3n) is 7.85. The molecule has 2 heterocycles. The number of phenols is 1. The molecule has 0 aliphatic carbocycles. The average molecular weight is 561 g/mol. The summed E-state index contributed by atoms with van der Waals surface area (Å²) in [7, 11) is 0. The standard InChI is InChI=1S/C27H44O12/c1-12-6-7-15(9-16(12)29)14(3)13(2)8-19(27(4,5)35)38-26-24(22(33)21(32)18(10-28)37-26)39-25-23(34)20(31)17(30)11-36-25/h6-7,9,13-14,17-26,28-35H,8,10-11H2,1-5H3. The number of aryl methyl sites for hydroxylation is 1. The number of aliphatic hydroxyl groups is 7. The molecule has 2 fully saturated rings. The maximum absolute atomic E-state index is 11.0. The van der Waals surface area contributed by atoms with Crippen molar-refractivity contribution in [1.82, 2.24) is 0 Å². The monoisotopic (exact) mass is 560 g/mol. The lowest BCUT2D eigenvalue weighted by Crippen LogP contribution is -2.64. The molecule has 12 atom stereocenters. The second-order valence-electron chi connectivity index (χ2n) is 11.4. The third kappa shape index (κ3) is 7.46. The van der Waals surface area contributed by atoms with Crippen LogP contribution < -0.4 is 0 Å². The first-order valence-corrected chi connectivity index (χ1v) is 13.3. The van der Waals surface area contributed by atoms with Gasteiger partial charge in [0.2, 0.25) is 0 Å². The average Bonchev–Trinajstić information content (AvgIpc) is 2.88. The van der Waals surface area contributed by atoms with Crippen molar-refractivity contribution < 1.29 is 59.8 Å². The fourth-order valence-corrected chi connectivity index (χ4v) is 4.82. The van der Waals surface area contributed by atoms with Crippen molar-refractivity contribution >= 4 is 0 Å². The molecular weight excluding hydrogens is 516 g/mol. The van der Waals surface area contributed by atoms with E-state index in [0.717, 1.165) is 11.1 Å². The number of hydrogen-bond acceptors (Lipinski definition) is 12. The molecule has 3 rings (SSSR count). The van der Waals surface area contributed by atoms with Gasteiger partial charge < -0.3 is 59.8 Å². The molecule has 0 saturated carbocycles. The zero-order chi connectivity index (χ0) is 29.2. The van der Waals surface area contributed by atoms with Gasteiger partial charge in [-0.1, -0.05) is 26.0 Å². The molecule has 1 aromatic rings. The Morgan fingerprint density at radius 2 is 1.67 bits per heavy atom. The summed E-state index contributed by atoms with van der Waals surface area (Å²) < 4.78 is 22.9. The first-order valence-electron chi connectivity index (χ1n) is 13.3. The van der Waals surface area contributed by atoms with Crippen LogP contribution in [0.3, 0.4) is 0 Å². The Kier molecular flexibility index (Phi) is 10.7. The minimum absolute atomic E-state index is 0.0411. The first-order chi connectivity index (χ1) is 18.1. The topological polar surface area (TPSA) is 199 Å². The number of ether oxygens (including phenoxy) is 4. The van der Waals surface area contributed by atoms with Crippen LogP contribution in [0.5, 0.6) is 5.75 Å². The first kappa shape index (κ1) is 32.1. The van der Waals surface area contributed by atoms with Gasteiger partial charge in [0.1, 0.15) is 48.5 Å². The van der Waals surface area contributed by atoms with Crippen molar-refractivity contribution in [3.05, 3.63) is 29.3 Å². The summed E-state index contributed by atoms with van der Waals surface area (Å²) in [6.45, 7) is 7.86. The highest BCUT2D eigenvalue weighted by molar-refractivity contribution is 5.36. The number of hydrogen-bond donors (Lipinski definition) is 8. The maximum Gasteiger partial charge on any atom is 0.187 e. The van der Waals surface area contributed by atoms with Crippen molar-refractivity contribution in [3.8, 4) is 5.75 Å². The van der Waals surface area contributed by atoms with E-state index in [2.05, 4.69) is 0 Å². The molecule has 0 bridgehead atoms. The van der Waals surface area contributed by atoms with Crippen LogP contribution in [0.2, 0.25) is 0 Å². The molecule has 0 amide bonds. The van der Waals surface area contributed by atoms with Gasteiger partial charge in [0.25, 0.3) is 0 Å². The Labute approximate surface area is 228 Å². The highest BCUT2D eigenvalue weighted by Crippen LogP contribution is 2.36. The van der Waals surface area contributed by atoms with Crippen LogP contribution in [0.15, 0.2) is 18.2 Å². The summed E-state index contributed by atoms with van der Waals surface area (Å²) >= 11 is 0. The van der Waals surface area contributed by atoms with Gasteiger partial charge >= 0.3 is 0 Å². The van der Waals surface area contributed by atoms with Crippen molar-refractivity contribution in [2.75, 3.05) is 13.2 Å². The van der Waals surface area contributed by atoms with Gasteiger partial charge in [-0.15, -0.1) is 0 Å². The molecule has 224 valence electrons. The van der Waals surface area contributed by atoms with Gasteiger partial charge in [-0.2, -0.15) is 0 Å². The van der Waals surface area contributed by atoms with E-state index in [1.807, 2.05) is 26.0 Å². The molecule has 2 saturated heterocycles. The fraction of sp³-hybridized carbons (Fsp3) is 0.778. The molecule has 0 radical (unpaired) electrons. The zero-order valence-corrected chi connectivity index (χ0v) is 23.0. The smallest absolute Gasteiger partial charge is 0.187 e. The molecule has 12 heteroatoms. The summed E-state index contributed by atoms with van der Waals surface area (Å²) in [5.74, 6) is 0.0705. The van der Waals surface area contributed by atoms with E-state index in [1.54, 1.807) is 26.8 Å². The highest BCUT2D eigenvalue weighted by Gasteiger charge is 2.50. The second-order valence-corrected chi connectivity index (χ2v) is 11.4. The zero-order valence-electron chi connectivity index (χ0n) is 23.0. The molecule has 1 aromatic carbocycles. The van der Waals surface area contributed by atoms with Gasteiger partial charge in [-0.25, -0.2) is 0 Å². The Bertz CT molecular complexity index is 923. The Balaban J connectivity index is 1.82. The van der Waals surface area contributed by atoms with Gasteiger partial charge in [0.05, 0.1) is 24.9 Å². The van der Waals surface area contributed by atoms with Gasteiger partial charge in [0, 0.05) is 0 Å². The molecule has 12 nitrogen and oxygen atoms in total. The third-order valence-corrected chi connectivity index (χ3v) is 7.85. The largest absolute Gasteiger partial charge is 0.508 e. The van der Waals surface area contributed by atoms with Crippen LogP contribution in [-0.2, 0) is 18.9 Å². The van der Waals surface area contributed by atoms with Gasteiger partial charge in [0.15, 0.2) is 12.6 Å². The summed E-state index contributed by atoms with van der Waals surface area (Å²) in [6, 6.07) is 5.46. The molecule has 0 aromatic heterocycles. The molecule has 12 unspecified atom stereocenters. The molecule has 2 aliphatic rings. The molecule has 39 heavy (non-hydrogen) atoms. The second kappa shape index (κ2) is 13.0. The van der Waals surface area contributed by atoms with Crippen LogP contribution >= 0.6 is 0 Å². The minimum Gasteiger partial charge on any atom is -0.508 e. The highest BCUT2D eigenvalue weighted by atomic mass is 16.8. The van der Waals surface area contributed by atoms with Crippen LogP contribution in [-0.4, -0.2) is 121 Å². The van der Waals surface area contributed by atoms with Crippen LogP contribution in [0, 0.1) is 12.8 Å². The molecule has 2 aliphatic heterocycles. The van der Waals surface area contributed by atoms with E-state index in [0.29, 0.717) is 6.42 Å². The number of rotatable bonds is 10. The van der Waals surface area contributed by atoms with Crippen molar-refractivity contribution in [1.29, 1.82) is 0 Å². The van der Waals surface area contributed by atoms with E-state index < -0.39 is 73.6 Å². The SMILES string of the molecule is Cc1ccc(C(C)C(C)CC(OC2OC(CO)C(O)C(O)C2OC2OCC(O)C(O)C2O)C(C)(C)O)cc1O. The number of aromatic hydroxyl groups is 1. The number of phenolic OH excluding ortho intramolecular Hbond substituents is 1. The van der Waals surface area contributed by atoms with Crippen LogP contribution in [0.1, 0.15) is 51.2 Å². The Hall–Kier alpha value is -1.42. The van der Waals surface area contributed by atoms with Crippen LogP contribution in [0.25, 0.3) is 0 Å². The lowest BCUT2D eigenvalue weighted by Gasteiger charge is -2.46. The van der Waals surface area contributed by atoms with E-state index in [-0.39, 0.29) is 24.2 Å². The minimum atomic E-state index is -1.67. The lowest BCUT2D eigenvalue weighted by molar-refractivity contribution is -0.367. The molecule has 0 spiro atoms. The van der Waals surface area contributed by atoms with Crippen LogP contribution in [0.4, 0.5) is 0 Å². The normalized spacial score (nSPS) is 36.4. The summed E-state index contributed by atoms with van der Waals surface area (Å²) in [4.78, 5) is 0. The molecule has 8 N–H and O–H groups in total. The maximum atomic E-state index is 11.0. The summed E-state index contributed by atoms with van der Waals surface area (Å²) in [5, 5.41) is 82.2. The summed E-state index contributed by atoms with van der Waals surface area (Å²) in [5.41, 5.74) is 0.247. The number of benzene rings is 1. The fourth-order valence-electron chi connectivity index (χ4n) is 4.82. The van der Waals surface area contributed by atoms with Gasteiger partial charge in [-0.3, -0.25) is 0 Å². The summed E-state index contributed by atoms with van der Waals surface area (Å²) in [6.07, 6.45) is -14.0. The Morgan fingerprint density at radius 1 is 1.00 bits per heavy atom. The van der Waals surface area contributed by atoms with Gasteiger partial charge in [-0.05, 0) is 56.2 Å². The lowest BCUT2D eigenvalue weighted by atomic mass is 9.82. The van der Waals surface area contributed by atoms with Crippen molar-refractivity contribution in [2.24, 2.45) is 5.92 Å². The predicted octanol–water partition coefficient (Wildman–Crippen LogP) is -0.750. The Morgan fingerprint density at radius 3 is 2.26 bits per heavy atom. The molecular formula is C27H44O12. The van der Waals surface area contributed by atoms with Crippen molar-refractivity contribution in [2.45, 2.75) is 114 Å². The predicted molar refractivity (Wildman–Crippen MR) is 137 cm³/mol. The van der Waals surface area contributed by atoms with Crippen molar-refractivity contribution in [3.63, 3.8) is 0 Å². The van der Waals surface area contributed by atoms with E-state index in [1.165, 1.54) is 0 Å². The van der Waals surface area contributed by atoms with E-state index in [9.17, 15) is 40.9 Å². The quantitative estimate of drug-likeness (QED) is 0.178. The van der Waals surface area contributed by atoms with E-state index in [4.69, 9.17) is 18.9 Å². The number of aliphatic hydroxyl groups excluding tert-OH is 6.